The van der Waals surface area contributed by atoms with Gasteiger partial charge in [0, 0.05) is 37.6 Å². The van der Waals surface area contributed by atoms with E-state index in [4.69, 9.17) is 9.47 Å². The average Bonchev–Trinajstić information content (AvgIpc) is 3.30. The molecule has 2 saturated heterocycles. The monoisotopic (exact) mass is 392 g/mol. The zero-order chi connectivity index (χ0) is 20.1. The van der Waals surface area contributed by atoms with Crippen LogP contribution in [0, 0.1) is 23.2 Å². The Morgan fingerprint density at radius 3 is 2.57 bits per heavy atom. The molecule has 1 N–H and O–H groups in total. The predicted octanol–water partition coefficient (Wildman–Crippen LogP) is 3.22. The molecule has 5 nitrogen and oxygen atoms in total. The van der Waals surface area contributed by atoms with Crippen molar-refractivity contribution in [2.45, 2.75) is 90.5 Å². The fourth-order valence-electron chi connectivity index (χ4n) is 6.77. The number of hydrogen-bond donors (Lipinski definition) is 1. The zero-order valence-corrected chi connectivity index (χ0v) is 18.5. The number of hydrogen-bond acceptors (Lipinski definition) is 5. The standard InChI is InChI=1S/C23H40N2O3/c1-15(2)25(16(3)4)10-9-24-13-18-17-11-20-22(5,12-19(17)28-21(18)26)7-6-8-23(20)14-27-23/h15-20,24H,6-14H2,1-5H3. The van der Waals surface area contributed by atoms with Gasteiger partial charge in [0.25, 0.3) is 0 Å². The van der Waals surface area contributed by atoms with Crippen molar-refractivity contribution in [1.29, 1.82) is 0 Å². The van der Waals surface area contributed by atoms with Gasteiger partial charge in [-0.2, -0.15) is 0 Å². The van der Waals surface area contributed by atoms with Crippen molar-refractivity contribution >= 4 is 5.97 Å². The molecule has 6 unspecified atom stereocenters. The molecule has 0 radical (unpaired) electrons. The Hall–Kier alpha value is -0.650. The van der Waals surface area contributed by atoms with Crippen LogP contribution >= 0.6 is 0 Å². The first kappa shape index (κ1) is 20.6. The predicted molar refractivity (Wildman–Crippen MR) is 110 cm³/mol. The van der Waals surface area contributed by atoms with E-state index in [2.05, 4.69) is 44.8 Å². The van der Waals surface area contributed by atoms with Gasteiger partial charge in [-0.3, -0.25) is 9.69 Å². The summed E-state index contributed by atoms with van der Waals surface area (Å²) in [6.07, 6.45) is 5.98. The van der Waals surface area contributed by atoms with E-state index in [1.165, 1.54) is 19.3 Å². The van der Waals surface area contributed by atoms with E-state index in [-0.39, 0.29) is 29.0 Å². The first-order chi connectivity index (χ1) is 13.3. The Balaban J connectivity index is 1.35. The zero-order valence-electron chi connectivity index (χ0n) is 18.5. The Kier molecular flexibility index (Phi) is 5.56. The van der Waals surface area contributed by atoms with Crippen LogP contribution in [0.3, 0.4) is 0 Å². The fraction of sp³-hybridized carbons (Fsp3) is 0.957. The van der Waals surface area contributed by atoms with Crippen LogP contribution in [0.1, 0.15) is 66.7 Å². The number of carbonyl (C=O) groups excluding carboxylic acids is 1. The van der Waals surface area contributed by atoms with Crippen LogP contribution in [-0.4, -0.2) is 60.9 Å². The number of fused-ring (bicyclic) bond motifs is 3. The van der Waals surface area contributed by atoms with Gasteiger partial charge in [-0.15, -0.1) is 0 Å². The van der Waals surface area contributed by atoms with Gasteiger partial charge in [-0.05, 0) is 71.1 Å². The minimum Gasteiger partial charge on any atom is -0.462 e. The van der Waals surface area contributed by atoms with E-state index >= 15 is 0 Å². The highest BCUT2D eigenvalue weighted by atomic mass is 16.6. The third kappa shape index (κ3) is 3.63. The van der Waals surface area contributed by atoms with E-state index in [1.807, 2.05) is 0 Å². The third-order valence-corrected chi connectivity index (χ3v) is 8.32. The van der Waals surface area contributed by atoms with Gasteiger partial charge in [0.1, 0.15) is 6.10 Å². The summed E-state index contributed by atoms with van der Waals surface area (Å²) < 4.78 is 11.9. The number of nitrogens with one attached hydrogen (secondary N) is 1. The third-order valence-electron chi connectivity index (χ3n) is 8.32. The Morgan fingerprint density at radius 2 is 1.93 bits per heavy atom. The molecule has 4 fully saturated rings. The molecule has 160 valence electrons. The molecular weight excluding hydrogens is 352 g/mol. The molecule has 4 aliphatic rings. The van der Waals surface area contributed by atoms with Gasteiger partial charge < -0.3 is 14.8 Å². The normalized spacial score (nSPS) is 42.2. The minimum absolute atomic E-state index is 0.0128. The molecule has 0 aromatic heterocycles. The molecule has 28 heavy (non-hydrogen) atoms. The molecule has 0 amide bonds. The van der Waals surface area contributed by atoms with Crippen LogP contribution in [-0.2, 0) is 14.3 Å². The number of rotatable bonds is 7. The number of ether oxygens (including phenoxy) is 2. The first-order valence-corrected chi connectivity index (χ1v) is 11.6. The second kappa shape index (κ2) is 7.55. The quantitative estimate of drug-likeness (QED) is 0.410. The molecule has 2 saturated carbocycles. The van der Waals surface area contributed by atoms with Crippen molar-refractivity contribution in [3.63, 3.8) is 0 Å². The van der Waals surface area contributed by atoms with Crippen molar-refractivity contribution in [3.05, 3.63) is 0 Å². The molecule has 0 bridgehead atoms. The van der Waals surface area contributed by atoms with Crippen LogP contribution in [0.5, 0.6) is 0 Å². The number of carbonyl (C=O) groups is 1. The smallest absolute Gasteiger partial charge is 0.310 e. The second-order valence-corrected chi connectivity index (χ2v) is 10.7. The summed E-state index contributed by atoms with van der Waals surface area (Å²) in [5.41, 5.74) is 0.421. The van der Waals surface area contributed by atoms with Gasteiger partial charge in [-0.25, -0.2) is 0 Å². The molecule has 6 atom stereocenters. The lowest BCUT2D eigenvalue weighted by Crippen LogP contribution is -2.51. The highest BCUT2D eigenvalue weighted by Crippen LogP contribution is 2.62. The maximum atomic E-state index is 12.7. The largest absolute Gasteiger partial charge is 0.462 e. The average molecular weight is 393 g/mol. The summed E-state index contributed by atoms with van der Waals surface area (Å²) >= 11 is 0. The fourth-order valence-corrected chi connectivity index (χ4v) is 6.77. The number of epoxide rings is 1. The molecule has 1 spiro atoms. The Bertz CT molecular complexity index is 580. The Morgan fingerprint density at radius 1 is 1.21 bits per heavy atom. The highest BCUT2D eigenvalue weighted by Gasteiger charge is 2.64. The van der Waals surface area contributed by atoms with Crippen molar-refractivity contribution in [2.24, 2.45) is 23.2 Å². The molecule has 2 heterocycles. The van der Waals surface area contributed by atoms with E-state index < -0.39 is 0 Å². The molecular formula is C23H40N2O3. The highest BCUT2D eigenvalue weighted by molar-refractivity contribution is 5.75. The number of esters is 1. The second-order valence-electron chi connectivity index (χ2n) is 10.7. The van der Waals surface area contributed by atoms with E-state index in [0.29, 0.717) is 23.9 Å². The maximum absolute atomic E-state index is 12.7. The minimum atomic E-state index is 0.0128. The molecule has 0 aromatic carbocycles. The van der Waals surface area contributed by atoms with E-state index in [0.717, 1.165) is 39.1 Å². The lowest BCUT2D eigenvalue weighted by Gasteiger charge is -2.51. The lowest BCUT2D eigenvalue weighted by atomic mass is 9.53. The molecule has 4 rings (SSSR count). The summed E-state index contributed by atoms with van der Waals surface area (Å²) in [5.74, 6) is 1.01. The van der Waals surface area contributed by atoms with Gasteiger partial charge in [0.05, 0.1) is 18.1 Å². The Labute approximate surface area is 170 Å². The summed E-state index contributed by atoms with van der Waals surface area (Å²) in [5, 5.41) is 3.58. The topological polar surface area (TPSA) is 54.1 Å². The van der Waals surface area contributed by atoms with Crippen molar-refractivity contribution < 1.29 is 14.3 Å². The maximum Gasteiger partial charge on any atom is 0.310 e. The van der Waals surface area contributed by atoms with Crippen molar-refractivity contribution in [2.75, 3.05) is 26.2 Å². The van der Waals surface area contributed by atoms with Gasteiger partial charge in [-0.1, -0.05) is 6.92 Å². The molecule has 2 aliphatic heterocycles. The van der Waals surface area contributed by atoms with Crippen molar-refractivity contribution in [3.8, 4) is 0 Å². The van der Waals surface area contributed by atoms with Crippen LogP contribution in [0.15, 0.2) is 0 Å². The summed E-state index contributed by atoms with van der Waals surface area (Å²) in [6.45, 7) is 15.0. The molecule has 2 aliphatic carbocycles. The number of nitrogens with zero attached hydrogens (tertiary/aromatic N) is 1. The molecule has 5 heteroatoms. The van der Waals surface area contributed by atoms with Gasteiger partial charge in [0.15, 0.2) is 0 Å². The van der Waals surface area contributed by atoms with Crippen LogP contribution in [0.2, 0.25) is 0 Å². The van der Waals surface area contributed by atoms with Crippen LogP contribution in [0.4, 0.5) is 0 Å². The first-order valence-electron chi connectivity index (χ1n) is 11.6. The van der Waals surface area contributed by atoms with Gasteiger partial charge in [0.2, 0.25) is 0 Å². The van der Waals surface area contributed by atoms with Crippen molar-refractivity contribution in [1.82, 2.24) is 10.2 Å². The summed E-state index contributed by atoms with van der Waals surface area (Å²) in [4.78, 5) is 15.2. The summed E-state index contributed by atoms with van der Waals surface area (Å²) in [7, 11) is 0. The van der Waals surface area contributed by atoms with E-state index in [9.17, 15) is 4.79 Å². The SMILES string of the molecule is CC(C)N(CCNCC1C(=O)OC2CC3(C)CCCC4(CO4)C3CC21)C(C)C. The van der Waals surface area contributed by atoms with Crippen LogP contribution < -0.4 is 5.32 Å². The van der Waals surface area contributed by atoms with E-state index in [1.54, 1.807) is 0 Å². The molecule has 0 aromatic rings. The lowest BCUT2D eigenvalue weighted by molar-refractivity contribution is -0.147. The van der Waals surface area contributed by atoms with Crippen LogP contribution in [0.25, 0.3) is 0 Å². The summed E-state index contributed by atoms with van der Waals surface area (Å²) in [6, 6.07) is 1.08. The van der Waals surface area contributed by atoms with Gasteiger partial charge >= 0.3 is 5.97 Å².